The maximum atomic E-state index is 3.58. The summed E-state index contributed by atoms with van der Waals surface area (Å²) in [5.41, 5.74) is 0. The van der Waals surface area contributed by atoms with Crippen LogP contribution in [0.25, 0.3) is 0 Å². The normalized spacial score (nSPS) is 13.3. The van der Waals surface area contributed by atoms with E-state index in [9.17, 15) is 0 Å². The standard InChI is InChI=1S/C13H22BrNS/c1-4-15-11(9-10(2)3)5-6-12-7-8-13(14)16-12/h7-8,10-11,15H,4-6,9H2,1-3H3. The highest BCUT2D eigenvalue weighted by Gasteiger charge is 2.10. The first kappa shape index (κ1) is 14.2. The lowest BCUT2D eigenvalue weighted by Crippen LogP contribution is -2.30. The van der Waals surface area contributed by atoms with Crippen molar-refractivity contribution < 1.29 is 0 Å². The van der Waals surface area contributed by atoms with E-state index in [1.54, 1.807) is 0 Å². The van der Waals surface area contributed by atoms with Gasteiger partial charge in [-0.2, -0.15) is 0 Å². The topological polar surface area (TPSA) is 12.0 Å². The summed E-state index contributed by atoms with van der Waals surface area (Å²) in [4.78, 5) is 1.48. The van der Waals surface area contributed by atoms with Crippen LogP contribution in [0.4, 0.5) is 0 Å². The van der Waals surface area contributed by atoms with Gasteiger partial charge in [0.05, 0.1) is 3.79 Å². The van der Waals surface area contributed by atoms with Gasteiger partial charge in [-0.25, -0.2) is 0 Å². The highest BCUT2D eigenvalue weighted by atomic mass is 79.9. The average Bonchev–Trinajstić information content (AvgIpc) is 2.60. The van der Waals surface area contributed by atoms with Gasteiger partial charge in [0.1, 0.15) is 0 Å². The lowest BCUT2D eigenvalue weighted by molar-refractivity contribution is 0.406. The van der Waals surface area contributed by atoms with Crippen molar-refractivity contribution in [2.75, 3.05) is 6.54 Å². The highest BCUT2D eigenvalue weighted by molar-refractivity contribution is 9.11. The smallest absolute Gasteiger partial charge is 0.0701 e. The molecule has 1 atom stereocenters. The van der Waals surface area contributed by atoms with Gasteiger partial charge in [0.25, 0.3) is 0 Å². The third-order valence-corrected chi connectivity index (χ3v) is 4.30. The van der Waals surface area contributed by atoms with Gasteiger partial charge in [-0.3, -0.25) is 0 Å². The Morgan fingerprint density at radius 2 is 2.12 bits per heavy atom. The fraction of sp³-hybridized carbons (Fsp3) is 0.692. The van der Waals surface area contributed by atoms with Crippen molar-refractivity contribution in [1.82, 2.24) is 5.32 Å². The van der Waals surface area contributed by atoms with Crippen LogP contribution in [0.2, 0.25) is 0 Å². The second-order valence-electron chi connectivity index (χ2n) is 4.63. The van der Waals surface area contributed by atoms with Crippen LogP contribution in [0.15, 0.2) is 15.9 Å². The van der Waals surface area contributed by atoms with Crippen molar-refractivity contribution in [2.45, 2.75) is 46.1 Å². The molecule has 0 radical (unpaired) electrons. The fourth-order valence-corrected chi connectivity index (χ4v) is 3.46. The van der Waals surface area contributed by atoms with Gasteiger partial charge in [-0.1, -0.05) is 20.8 Å². The van der Waals surface area contributed by atoms with Gasteiger partial charge < -0.3 is 5.32 Å². The van der Waals surface area contributed by atoms with Crippen molar-refractivity contribution in [3.05, 3.63) is 20.8 Å². The molecule has 0 saturated carbocycles. The van der Waals surface area contributed by atoms with E-state index in [4.69, 9.17) is 0 Å². The molecule has 1 nitrogen and oxygen atoms in total. The first-order chi connectivity index (χ1) is 7.61. The van der Waals surface area contributed by atoms with Gasteiger partial charge in [-0.15, -0.1) is 11.3 Å². The van der Waals surface area contributed by atoms with Crippen LogP contribution in [0.5, 0.6) is 0 Å². The van der Waals surface area contributed by atoms with Crippen molar-refractivity contribution in [1.29, 1.82) is 0 Å². The van der Waals surface area contributed by atoms with Crippen LogP contribution in [0.1, 0.15) is 38.5 Å². The Balaban J connectivity index is 2.36. The number of hydrogen-bond donors (Lipinski definition) is 1. The van der Waals surface area contributed by atoms with Crippen LogP contribution in [0, 0.1) is 5.92 Å². The molecular weight excluding hydrogens is 282 g/mol. The van der Waals surface area contributed by atoms with Crippen LogP contribution < -0.4 is 5.32 Å². The molecule has 3 heteroatoms. The number of aryl methyl sites for hydroxylation is 1. The summed E-state index contributed by atoms with van der Waals surface area (Å²) in [6.07, 6.45) is 3.72. The lowest BCUT2D eigenvalue weighted by atomic mass is 9.99. The zero-order valence-electron chi connectivity index (χ0n) is 10.4. The van der Waals surface area contributed by atoms with Gasteiger partial charge >= 0.3 is 0 Å². The quantitative estimate of drug-likeness (QED) is 0.784. The molecule has 1 N–H and O–H groups in total. The molecule has 92 valence electrons. The molecule has 1 aromatic rings. The minimum atomic E-state index is 0.672. The predicted octanol–water partition coefficient (Wildman–Crippen LogP) is 4.47. The van der Waals surface area contributed by atoms with E-state index >= 15 is 0 Å². The number of nitrogens with one attached hydrogen (secondary N) is 1. The van der Waals surface area contributed by atoms with Crippen molar-refractivity contribution in [3.63, 3.8) is 0 Å². The van der Waals surface area contributed by atoms with Crippen LogP contribution >= 0.6 is 27.3 Å². The van der Waals surface area contributed by atoms with Crippen LogP contribution in [-0.2, 0) is 6.42 Å². The second-order valence-corrected chi connectivity index (χ2v) is 7.18. The minimum Gasteiger partial charge on any atom is -0.314 e. The third-order valence-electron chi connectivity index (χ3n) is 2.62. The fourth-order valence-electron chi connectivity index (χ4n) is 1.96. The summed E-state index contributed by atoms with van der Waals surface area (Å²) in [5.74, 6) is 0.777. The zero-order chi connectivity index (χ0) is 12.0. The zero-order valence-corrected chi connectivity index (χ0v) is 12.8. The van der Waals surface area contributed by atoms with E-state index in [-0.39, 0.29) is 0 Å². The molecule has 0 bridgehead atoms. The van der Waals surface area contributed by atoms with Gasteiger partial charge in [-0.05, 0) is 59.8 Å². The summed E-state index contributed by atoms with van der Waals surface area (Å²) in [6.45, 7) is 7.86. The SMILES string of the molecule is CCNC(CCc1ccc(Br)s1)CC(C)C. The Morgan fingerprint density at radius 3 is 2.62 bits per heavy atom. The highest BCUT2D eigenvalue weighted by Crippen LogP contribution is 2.24. The molecule has 0 aliphatic rings. The lowest BCUT2D eigenvalue weighted by Gasteiger charge is -2.19. The van der Waals surface area contributed by atoms with Gasteiger partial charge in [0.15, 0.2) is 0 Å². The maximum Gasteiger partial charge on any atom is 0.0701 e. The molecule has 16 heavy (non-hydrogen) atoms. The summed E-state index contributed by atoms with van der Waals surface area (Å²) >= 11 is 5.37. The molecule has 1 heterocycles. The maximum absolute atomic E-state index is 3.58. The Labute approximate surface area is 112 Å². The summed E-state index contributed by atoms with van der Waals surface area (Å²) in [5, 5.41) is 3.58. The van der Waals surface area contributed by atoms with Crippen molar-refractivity contribution in [2.24, 2.45) is 5.92 Å². The molecule has 0 spiro atoms. The number of rotatable bonds is 7. The molecule has 1 unspecified atom stereocenters. The molecule has 0 aliphatic heterocycles. The molecular formula is C13H22BrNS. The van der Waals surface area contributed by atoms with E-state index in [1.165, 1.54) is 27.9 Å². The first-order valence-electron chi connectivity index (χ1n) is 6.09. The monoisotopic (exact) mass is 303 g/mol. The van der Waals surface area contributed by atoms with E-state index in [2.05, 4.69) is 54.2 Å². The van der Waals surface area contributed by atoms with Crippen molar-refractivity contribution >= 4 is 27.3 Å². The Morgan fingerprint density at radius 1 is 1.38 bits per heavy atom. The molecule has 0 amide bonds. The Hall–Kier alpha value is 0.140. The van der Waals surface area contributed by atoms with Gasteiger partial charge in [0.2, 0.25) is 0 Å². The number of hydrogen-bond acceptors (Lipinski definition) is 2. The number of thiophene rings is 1. The average molecular weight is 304 g/mol. The molecule has 0 saturated heterocycles. The largest absolute Gasteiger partial charge is 0.314 e. The number of halogens is 1. The second kappa shape index (κ2) is 7.46. The predicted molar refractivity (Wildman–Crippen MR) is 77.3 cm³/mol. The van der Waals surface area contributed by atoms with E-state index in [0.29, 0.717) is 6.04 Å². The first-order valence-corrected chi connectivity index (χ1v) is 7.70. The molecule has 1 rings (SSSR count). The minimum absolute atomic E-state index is 0.672. The third kappa shape index (κ3) is 5.46. The summed E-state index contributed by atoms with van der Waals surface area (Å²) < 4.78 is 1.24. The summed E-state index contributed by atoms with van der Waals surface area (Å²) in [6, 6.07) is 5.04. The molecule has 0 aliphatic carbocycles. The Kier molecular flexibility index (Phi) is 6.62. The molecule has 1 aromatic heterocycles. The molecule has 0 fully saturated rings. The summed E-state index contributed by atoms with van der Waals surface area (Å²) in [7, 11) is 0. The molecule has 0 aromatic carbocycles. The van der Waals surface area contributed by atoms with E-state index in [0.717, 1.165) is 12.5 Å². The van der Waals surface area contributed by atoms with Gasteiger partial charge in [0, 0.05) is 10.9 Å². The van der Waals surface area contributed by atoms with Crippen LogP contribution in [0.3, 0.4) is 0 Å². The van der Waals surface area contributed by atoms with E-state index < -0.39 is 0 Å². The van der Waals surface area contributed by atoms with Crippen molar-refractivity contribution in [3.8, 4) is 0 Å². The van der Waals surface area contributed by atoms with E-state index in [1.807, 2.05) is 11.3 Å². The van der Waals surface area contributed by atoms with Crippen LogP contribution in [-0.4, -0.2) is 12.6 Å². The Bertz CT molecular complexity index is 296.